The van der Waals surface area contributed by atoms with Crippen LogP contribution in [-0.2, 0) is 6.42 Å². The lowest BCUT2D eigenvalue weighted by molar-refractivity contribution is 0.0877. The molecule has 7 heteroatoms. The van der Waals surface area contributed by atoms with Crippen LogP contribution in [0.3, 0.4) is 0 Å². The highest BCUT2D eigenvalue weighted by Crippen LogP contribution is 2.50. The van der Waals surface area contributed by atoms with E-state index in [0.717, 1.165) is 22.3 Å². The first kappa shape index (κ1) is 32.8. The number of benzene rings is 4. The highest BCUT2D eigenvalue weighted by atomic mass is 16.3. The predicted octanol–water partition coefficient (Wildman–Crippen LogP) is 8.34. The molecule has 0 saturated carbocycles. The first-order valence-electron chi connectivity index (χ1n) is 15.4. The number of phenolic OH excluding ortho intramolecular Hbond substituents is 5. The fourth-order valence-corrected chi connectivity index (χ4v) is 6.22. The van der Waals surface area contributed by atoms with Gasteiger partial charge in [0, 0.05) is 28.5 Å². The fraction of sp³-hybridized carbons (Fsp3) is 0.200. The van der Waals surface area contributed by atoms with Crippen LogP contribution in [0.25, 0.3) is 6.08 Å². The van der Waals surface area contributed by atoms with Gasteiger partial charge in [0.25, 0.3) is 0 Å². The van der Waals surface area contributed by atoms with E-state index in [-0.39, 0.29) is 57.9 Å². The van der Waals surface area contributed by atoms with Gasteiger partial charge in [-0.05, 0) is 111 Å². The molecule has 7 nitrogen and oxygen atoms in total. The van der Waals surface area contributed by atoms with Crippen molar-refractivity contribution in [1.29, 1.82) is 0 Å². The molecule has 0 heterocycles. The minimum atomic E-state index is -0.821. The molecule has 0 saturated heterocycles. The molecule has 3 atom stereocenters. The Hall–Kier alpha value is -5.56. The molecule has 1 aliphatic carbocycles. The summed E-state index contributed by atoms with van der Waals surface area (Å²) in [6.45, 7) is 5.76. The number of phenols is 5. The van der Waals surface area contributed by atoms with Crippen molar-refractivity contribution in [2.24, 2.45) is 5.92 Å². The number of carbonyl (C=O) groups excluding carboxylic acids is 2. The van der Waals surface area contributed by atoms with Gasteiger partial charge >= 0.3 is 0 Å². The van der Waals surface area contributed by atoms with Crippen LogP contribution >= 0.6 is 0 Å². The number of rotatable bonds is 9. The van der Waals surface area contributed by atoms with Crippen molar-refractivity contribution in [3.8, 4) is 28.7 Å². The minimum absolute atomic E-state index is 0.0511. The summed E-state index contributed by atoms with van der Waals surface area (Å²) in [6, 6.07) is 20.5. The van der Waals surface area contributed by atoms with Crippen LogP contribution in [-0.4, -0.2) is 37.1 Å². The fourth-order valence-electron chi connectivity index (χ4n) is 6.22. The van der Waals surface area contributed by atoms with Gasteiger partial charge in [0.2, 0.25) is 0 Å². The average Bonchev–Trinajstić information content (AvgIpc) is 3.04. The van der Waals surface area contributed by atoms with E-state index in [1.54, 1.807) is 48.5 Å². The lowest BCUT2D eigenvalue weighted by Gasteiger charge is -2.37. The summed E-state index contributed by atoms with van der Waals surface area (Å²) in [5.74, 6) is -2.89. The summed E-state index contributed by atoms with van der Waals surface area (Å²) in [7, 11) is 0. The Balaban J connectivity index is 1.61. The lowest BCUT2D eigenvalue weighted by Crippen LogP contribution is -2.31. The van der Waals surface area contributed by atoms with E-state index in [1.807, 2.05) is 32.9 Å². The second-order valence-corrected chi connectivity index (χ2v) is 12.3. The number of hydrogen-bond acceptors (Lipinski definition) is 7. The molecule has 5 N–H and O–H groups in total. The number of hydrogen-bond donors (Lipinski definition) is 5. The Labute approximate surface area is 274 Å². The number of allylic oxidation sites excluding steroid dienone is 5. The number of ketones is 2. The molecule has 0 amide bonds. The van der Waals surface area contributed by atoms with Crippen molar-refractivity contribution in [1.82, 2.24) is 0 Å². The minimum Gasteiger partial charge on any atom is -0.508 e. The topological polar surface area (TPSA) is 135 Å². The molecule has 0 fully saturated rings. The molecule has 0 aromatic heterocycles. The Morgan fingerprint density at radius 1 is 0.809 bits per heavy atom. The molecule has 0 bridgehead atoms. The monoisotopic (exact) mass is 630 g/mol. The number of carbonyl (C=O) groups is 2. The van der Waals surface area contributed by atoms with E-state index < -0.39 is 17.8 Å². The molecule has 240 valence electrons. The Morgan fingerprint density at radius 3 is 2.11 bits per heavy atom. The van der Waals surface area contributed by atoms with Crippen molar-refractivity contribution in [2.75, 3.05) is 0 Å². The number of Topliss-reactive ketones (excluding diaryl/α,β-unsaturated/α-hetero) is 1. The van der Waals surface area contributed by atoms with Gasteiger partial charge in [0.05, 0.1) is 5.56 Å². The van der Waals surface area contributed by atoms with Gasteiger partial charge in [0.1, 0.15) is 28.7 Å². The van der Waals surface area contributed by atoms with Crippen LogP contribution < -0.4 is 0 Å². The molecule has 0 radical (unpaired) electrons. The lowest BCUT2D eigenvalue weighted by atomic mass is 9.65. The third-order valence-electron chi connectivity index (χ3n) is 8.68. The highest BCUT2D eigenvalue weighted by molar-refractivity contribution is 6.07. The third-order valence-corrected chi connectivity index (χ3v) is 8.68. The zero-order valence-electron chi connectivity index (χ0n) is 26.5. The van der Waals surface area contributed by atoms with Crippen molar-refractivity contribution in [3.63, 3.8) is 0 Å². The van der Waals surface area contributed by atoms with E-state index in [1.165, 1.54) is 42.5 Å². The summed E-state index contributed by atoms with van der Waals surface area (Å²) < 4.78 is 0. The molecule has 0 spiro atoms. The molecule has 3 unspecified atom stereocenters. The Bertz CT molecular complexity index is 1890. The summed E-state index contributed by atoms with van der Waals surface area (Å²) in [6.07, 6.45) is 7.57. The summed E-state index contributed by atoms with van der Waals surface area (Å²) >= 11 is 0. The van der Waals surface area contributed by atoms with Gasteiger partial charge in [-0.15, -0.1) is 0 Å². The van der Waals surface area contributed by atoms with Gasteiger partial charge < -0.3 is 25.5 Å². The maximum Gasteiger partial charge on any atom is 0.185 e. The van der Waals surface area contributed by atoms with Crippen LogP contribution in [0, 0.1) is 5.92 Å². The zero-order chi connectivity index (χ0) is 33.8. The van der Waals surface area contributed by atoms with E-state index in [2.05, 4.69) is 0 Å². The smallest absolute Gasteiger partial charge is 0.185 e. The van der Waals surface area contributed by atoms with Crippen LogP contribution in [0.2, 0.25) is 0 Å². The third kappa shape index (κ3) is 7.31. The SMILES string of the molecule is CC(C)=CCc1c(O)ccc(C(=O)C2C(c3cc(C(=O)/C=C/c4ccc(O)cc4)ccc3O)C=C(C)CC2c2ccc(O)cc2)c1O. The largest absolute Gasteiger partial charge is 0.508 e. The van der Waals surface area contributed by atoms with Gasteiger partial charge in [-0.25, -0.2) is 0 Å². The van der Waals surface area contributed by atoms with Crippen molar-refractivity contribution in [2.45, 2.75) is 45.4 Å². The van der Waals surface area contributed by atoms with Crippen LogP contribution in [0.1, 0.15) is 82.0 Å². The summed E-state index contributed by atoms with van der Waals surface area (Å²) in [4.78, 5) is 28.0. The molecule has 47 heavy (non-hydrogen) atoms. The first-order valence-corrected chi connectivity index (χ1v) is 15.4. The first-order chi connectivity index (χ1) is 22.4. The standard InChI is InChI=1S/C40H38O7/c1-23(2)4-15-30-36(44)19-16-31(39(30)46)40(47)38-32(26-8-13-29(42)14-9-26)20-24(3)21-34(38)33-22-27(10-18-37(33)45)35(43)17-7-25-5-11-28(41)12-6-25/h4-14,16-19,21-22,32,34,38,41-42,44-46H,15,20H2,1-3H3/b17-7+. The van der Waals surface area contributed by atoms with E-state index in [0.29, 0.717) is 17.5 Å². The van der Waals surface area contributed by atoms with Gasteiger partial charge in [-0.2, -0.15) is 0 Å². The van der Waals surface area contributed by atoms with Crippen molar-refractivity contribution < 1.29 is 35.1 Å². The second-order valence-electron chi connectivity index (χ2n) is 12.3. The molecule has 0 aliphatic heterocycles. The molecular weight excluding hydrogens is 592 g/mol. The van der Waals surface area contributed by atoms with E-state index >= 15 is 0 Å². The molecule has 4 aromatic rings. The van der Waals surface area contributed by atoms with Crippen molar-refractivity contribution >= 4 is 17.6 Å². The molecular formula is C40H38O7. The molecule has 4 aromatic carbocycles. The van der Waals surface area contributed by atoms with Gasteiger partial charge in [0.15, 0.2) is 11.6 Å². The van der Waals surface area contributed by atoms with Crippen LogP contribution in [0.5, 0.6) is 28.7 Å². The Kier molecular flexibility index (Phi) is 9.66. The Morgan fingerprint density at radius 2 is 1.45 bits per heavy atom. The second kappa shape index (κ2) is 13.8. The van der Waals surface area contributed by atoms with Crippen molar-refractivity contribution in [3.05, 3.63) is 142 Å². The maximum absolute atomic E-state index is 14.7. The normalized spacial score (nSPS) is 17.7. The molecule has 1 aliphatic rings. The van der Waals surface area contributed by atoms with Crippen LogP contribution in [0.15, 0.2) is 108 Å². The number of aromatic hydroxyl groups is 5. The molecule has 5 rings (SSSR count). The van der Waals surface area contributed by atoms with E-state index in [4.69, 9.17) is 0 Å². The zero-order valence-corrected chi connectivity index (χ0v) is 26.5. The predicted molar refractivity (Wildman–Crippen MR) is 182 cm³/mol. The quantitative estimate of drug-likeness (QED) is 0.0713. The summed E-state index contributed by atoms with van der Waals surface area (Å²) in [5.41, 5.74) is 4.48. The maximum atomic E-state index is 14.7. The van der Waals surface area contributed by atoms with E-state index in [9.17, 15) is 35.1 Å². The summed E-state index contributed by atoms with van der Waals surface area (Å²) in [5, 5.41) is 52.7. The van der Waals surface area contributed by atoms with Crippen LogP contribution in [0.4, 0.5) is 0 Å². The van der Waals surface area contributed by atoms with Gasteiger partial charge in [-0.1, -0.05) is 53.6 Å². The highest BCUT2D eigenvalue weighted by Gasteiger charge is 2.41. The van der Waals surface area contributed by atoms with Gasteiger partial charge in [-0.3, -0.25) is 9.59 Å². The average molecular weight is 631 g/mol.